The molecule has 0 aromatic carbocycles. The van der Waals surface area contributed by atoms with Crippen molar-refractivity contribution in [3.05, 3.63) is 39.2 Å². The summed E-state index contributed by atoms with van der Waals surface area (Å²) in [5, 5.41) is 10.9. The lowest BCUT2D eigenvalue weighted by atomic mass is 10.3. The van der Waals surface area contributed by atoms with E-state index in [1.165, 1.54) is 0 Å². The van der Waals surface area contributed by atoms with E-state index in [2.05, 4.69) is 9.98 Å². The van der Waals surface area contributed by atoms with E-state index in [1.54, 1.807) is 37.3 Å². The van der Waals surface area contributed by atoms with Gasteiger partial charge in [0.2, 0.25) is 0 Å². The lowest BCUT2D eigenvalue weighted by Crippen LogP contribution is -2.29. The Balaban J connectivity index is 2.72. The molecule has 0 aliphatic carbocycles. The number of hydrogen-bond acceptors (Lipinski definition) is 4. The molecule has 1 rings (SSSR count). The third kappa shape index (κ3) is 4.78. The van der Waals surface area contributed by atoms with Crippen molar-refractivity contribution in [3.63, 3.8) is 0 Å². The molecule has 1 heterocycles. The van der Waals surface area contributed by atoms with E-state index in [-0.39, 0.29) is 6.54 Å². The Morgan fingerprint density at radius 1 is 1.59 bits per heavy atom. The molecule has 0 saturated heterocycles. The number of aromatic nitrogens is 1. The van der Waals surface area contributed by atoms with Gasteiger partial charge in [-0.2, -0.15) is 0 Å². The van der Waals surface area contributed by atoms with E-state index in [4.69, 9.17) is 11.6 Å². The van der Waals surface area contributed by atoms with Crippen molar-refractivity contribution in [1.82, 2.24) is 9.88 Å². The fraction of sp³-hybridized carbons (Fsp3) is 0.400. The van der Waals surface area contributed by atoms with Gasteiger partial charge in [0.15, 0.2) is 5.84 Å². The summed E-state index contributed by atoms with van der Waals surface area (Å²) in [6, 6.07) is 3.45. The molecule has 0 amide bonds. The Labute approximate surface area is 104 Å². The second-order valence-corrected chi connectivity index (χ2v) is 3.99. The van der Waals surface area contributed by atoms with Crippen LogP contribution in [0.4, 0.5) is 0 Å². The molecule has 0 saturated carbocycles. The Kier molecular flexibility index (Phi) is 4.84. The fourth-order valence-electron chi connectivity index (χ4n) is 1.13. The number of pyridine rings is 1. The van der Waals surface area contributed by atoms with E-state index in [9.17, 15) is 10.1 Å². The van der Waals surface area contributed by atoms with Gasteiger partial charge in [-0.1, -0.05) is 17.7 Å². The molecule has 17 heavy (non-hydrogen) atoms. The van der Waals surface area contributed by atoms with E-state index in [1.807, 2.05) is 0 Å². The van der Waals surface area contributed by atoms with Crippen LogP contribution in [0.2, 0.25) is 5.15 Å². The smallest absolute Gasteiger partial charge is 0.260 e. The summed E-state index contributed by atoms with van der Waals surface area (Å²) >= 11 is 5.65. The number of likely N-dealkylation sites (N-methyl/N-ethyl adjacent to an activating group) is 1. The summed E-state index contributed by atoms with van der Waals surface area (Å²) < 4.78 is 0. The summed E-state index contributed by atoms with van der Waals surface area (Å²) in [5.41, 5.74) is 0.858. The van der Waals surface area contributed by atoms with E-state index in [0.29, 0.717) is 17.5 Å². The maximum atomic E-state index is 10.4. The van der Waals surface area contributed by atoms with E-state index < -0.39 is 4.92 Å². The van der Waals surface area contributed by atoms with Crippen LogP contribution in [0.15, 0.2) is 23.3 Å². The molecule has 0 aliphatic heterocycles. The predicted molar refractivity (Wildman–Crippen MR) is 65.9 cm³/mol. The van der Waals surface area contributed by atoms with Crippen LogP contribution >= 0.6 is 11.6 Å². The zero-order valence-electron chi connectivity index (χ0n) is 9.63. The van der Waals surface area contributed by atoms with Crippen LogP contribution in [0.3, 0.4) is 0 Å². The van der Waals surface area contributed by atoms with Crippen LogP contribution in [0.1, 0.15) is 5.56 Å². The highest BCUT2D eigenvalue weighted by Crippen LogP contribution is 2.06. The zero-order chi connectivity index (χ0) is 12.8. The molecule has 0 fully saturated rings. The monoisotopic (exact) mass is 256 g/mol. The molecule has 92 valence electrons. The summed E-state index contributed by atoms with van der Waals surface area (Å²) in [5.74, 6) is 0.421. The fourth-order valence-corrected chi connectivity index (χ4v) is 1.24. The van der Waals surface area contributed by atoms with Crippen LogP contribution in [0.5, 0.6) is 0 Å². The summed E-state index contributed by atoms with van der Waals surface area (Å²) in [6.45, 7) is 0.0690. The Morgan fingerprint density at radius 3 is 2.76 bits per heavy atom. The average Bonchev–Trinajstić information content (AvgIpc) is 2.25. The van der Waals surface area contributed by atoms with Crippen molar-refractivity contribution in [2.24, 2.45) is 4.99 Å². The van der Waals surface area contributed by atoms with Gasteiger partial charge in [0.25, 0.3) is 6.54 Å². The maximum absolute atomic E-state index is 10.4. The minimum absolute atomic E-state index is 0.284. The molecule has 6 nitrogen and oxygen atoms in total. The van der Waals surface area contributed by atoms with E-state index >= 15 is 0 Å². The van der Waals surface area contributed by atoms with Crippen molar-refractivity contribution in [2.45, 2.75) is 6.54 Å². The van der Waals surface area contributed by atoms with Gasteiger partial charge >= 0.3 is 0 Å². The van der Waals surface area contributed by atoms with Crippen molar-refractivity contribution in [1.29, 1.82) is 0 Å². The number of aliphatic imine (C=N–C) groups is 1. The standard InChI is InChI=1S/C10H13ClN4O2/c1-14(2)10(7-15(16)17)13-6-8-3-4-9(11)12-5-8/h3-5H,6-7H2,1-2H3. The number of nitro groups is 1. The van der Waals surface area contributed by atoms with Crippen LogP contribution in [-0.4, -0.2) is 41.3 Å². The SMILES string of the molecule is CN(C)C(C[N+](=O)[O-])=NCc1ccc(Cl)nc1. The highest BCUT2D eigenvalue weighted by atomic mass is 35.5. The topological polar surface area (TPSA) is 71.6 Å². The Hall–Kier alpha value is -1.69. The molecule has 0 aliphatic rings. The molecule has 0 spiro atoms. The normalized spacial score (nSPS) is 11.4. The summed E-state index contributed by atoms with van der Waals surface area (Å²) in [4.78, 5) is 19.8. The lowest BCUT2D eigenvalue weighted by molar-refractivity contribution is -0.464. The molecular weight excluding hydrogens is 244 g/mol. The Morgan fingerprint density at radius 2 is 2.29 bits per heavy atom. The molecule has 0 atom stereocenters. The molecular formula is C10H13ClN4O2. The molecule has 0 N–H and O–H groups in total. The van der Waals surface area contributed by atoms with Crippen molar-refractivity contribution in [2.75, 3.05) is 20.6 Å². The largest absolute Gasteiger partial charge is 0.361 e. The van der Waals surface area contributed by atoms with Crippen molar-refractivity contribution in [3.8, 4) is 0 Å². The predicted octanol–water partition coefficient (Wildman–Crippen LogP) is 1.47. The van der Waals surface area contributed by atoms with Gasteiger partial charge in [0.05, 0.1) is 6.54 Å². The molecule has 0 bridgehead atoms. The first-order valence-corrected chi connectivity index (χ1v) is 5.29. The summed E-state index contributed by atoms with van der Waals surface area (Å²) in [6.07, 6.45) is 1.60. The zero-order valence-corrected chi connectivity index (χ0v) is 10.4. The van der Waals surface area contributed by atoms with Crippen LogP contribution in [0.25, 0.3) is 0 Å². The van der Waals surface area contributed by atoms with Gasteiger partial charge in [-0.25, -0.2) is 4.98 Å². The molecule has 0 radical (unpaired) electrons. The highest BCUT2D eigenvalue weighted by Gasteiger charge is 2.09. The average molecular weight is 257 g/mol. The number of halogens is 1. The van der Waals surface area contributed by atoms with Gasteiger partial charge < -0.3 is 4.90 Å². The molecule has 1 aromatic rings. The maximum Gasteiger partial charge on any atom is 0.260 e. The second-order valence-electron chi connectivity index (χ2n) is 3.61. The van der Waals surface area contributed by atoms with Crippen LogP contribution in [-0.2, 0) is 6.54 Å². The number of rotatable bonds is 4. The first-order valence-electron chi connectivity index (χ1n) is 4.92. The third-order valence-electron chi connectivity index (χ3n) is 2.02. The van der Waals surface area contributed by atoms with Crippen LogP contribution in [0, 0.1) is 10.1 Å². The number of amidine groups is 1. The number of hydrogen-bond donors (Lipinski definition) is 0. The van der Waals surface area contributed by atoms with Gasteiger partial charge in [-0.3, -0.25) is 15.1 Å². The van der Waals surface area contributed by atoms with E-state index in [0.717, 1.165) is 5.56 Å². The molecule has 7 heteroatoms. The minimum atomic E-state index is -0.404. The molecule has 1 aromatic heterocycles. The third-order valence-corrected chi connectivity index (χ3v) is 2.24. The van der Waals surface area contributed by atoms with Crippen molar-refractivity contribution < 1.29 is 4.92 Å². The highest BCUT2D eigenvalue weighted by molar-refractivity contribution is 6.29. The first-order chi connectivity index (χ1) is 7.99. The van der Waals surface area contributed by atoms with Crippen LogP contribution < -0.4 is 0 Å². The second kappa shape index (κ2) is 6.15. The van der Waals surface area contributed by atoms with Gasteiger partial charge in [0.1, 0.15) is 5.15 Å². The minimum Gasteiger partial charge on any atom is -0.361 e. The first kappa shape index (κ1) is 13.4. The van der Waals surface area contributed by atoms with Gasteiger partial charge in [0, 0.05) is 25.2 Å². The van der Waals surface area contributed by atoms with Crippen molar-refractivity contribution >= 4 is 17.4 Å². The van der Waals surface area contributed by atoms with Gasteiger partial charge in [-0.15, -0.1) is 0 Å². The molecule has 0 unspecified atom stereocenters. The Bertz CT molecular complexity index is 417. The number of nitrogens with zero attached hydrogens (tertiary/aromatic N) is 4. The lowest BCUT2D eigenvalue weighted by Gasteiger charge is -2.11. The van der Waals surface area contributed by atoms with Gasteiger partial charge in [-0.05, 0) is 11.6 Å². The quantitative estimate of drug-likeness (QED) is 0.269. The summed E-state index contributed by atoms with van der Waals surface area (Å²) in [7, 11) is 3.45.